The van der Waals surface area contributed by atoms with Crippen LogP contribution in [0.15, 0.2) is 23.1 Å². The number of morpholine rings is 1. The number of likely N-dealkylation sites (tertiary alicyclic amines) is 1. The van der Waals surface area contributed by atoms with E-state index in [1.165, 1.54) is 22.4 Å². The van der Waals surface area contributed by atoms with Gasteiger partial charge in [0.05, 0.1) is 33.4 Å². The SMILES string of the molecule is COc1ccc(NC(=O)C[NH+]2CCC(C)CC2)cc1S(=O)(=O)N1CCOCC1. The Morgan fingerprint density at radius 1 is 1.29 bits per heavy atom. The molecular weight excluding hydrogens is 382 g/mol. The van der Waals surface area contributed by atoms with E-state index in [4.69, 9.17) is 9.47 Å². The maximum atomic E-state index is 13.0. The molecule has 0 spiro atoms. The van der Waals surface area contributed by atoms with Crippen LogP contribution in [0, 0.1) is 5.92 Å². The van der Waals surface area contributed by atoms with Gasteiger partial charge in [0, 0.05) is 18.8 Å². The van der Waals surface area contributed by atoms with Gasteiger partial charge in [-0.3, -0.25) is 4.79 Å². The van der Waals surface area contributed by atoms with E-state index in [0.717, 1.165) is 31.8 Å². The fraction of sp³-hybridized carbons (Fsp3) is 0.632. The summed E-state index contributed by atoms with van der Waals surface area (Å²) >= 11 is 0. The quantitative estimate of drug-likeness (QED) is 0.685. The largest absolute Gasteiger partial charge is 0.495 e. The standard InChI is InChI=1S/C19H29N3O5S/c1-15-5-7-21(8-6-15)14-19(23)20-16-3-4-17(26-2)18(13-16)28(24,25)22-9-11-27-12-10-22/h3-4,13,15H,5-12,14H2,1-2H3,(H,20,23)/p+1. The highest BCUT2D eigenvalue weighted by atomic mass is 32.2. The van der Waals surface area contributed by atoms with Crippen LogP contribution in [-0.2, 0) is 19.6 Å². The highest BCUT2D eigenvalue weighted by Crippen LogP contribution is 2.30. The van der Waals surface area contributed by atoms with E-state index in [2.05, 4.69) is 12.2 Å². The second kappa shape index (κ2) is 9.21. The van der Waals surface area contributed by atoms with Crippen LogP contribution in [0.2, 0.25) is 0 Å². The van der Waals surface area contributed by atoms with Gasteiger partial charge in [0.25, 0.3) is 5.91 Å². The third-order valence-corrected chi connectivity index (χ3v) is 7.35. The number of hydrogen-bond acceptors (Lipinski definition) is 5. The molecule has 0 aliphatic carbocycles. The number of piperidine rings is 1. The van der Waals surface area contributed by atoms with E-state index in [9.17, 15) is 13.2 Å². The lowest BCUT2D eigenvalue weighted by atomic mass is 9.99. The minimum absolute atomic E-state index is 0.0637. The minimum atomic E-state index is -3.72. The minimum Gasteiger partial charge on any atom is -0.495 e. The molecule has 3 rings (SSSR count). The van der Waals surface area contributed by atoms with Crippen LogP contribution in [0.4, 0.5) is 5.69 Å². The van der Waals surface area contributed by atoms with Crippen molar-refractivity contribution in [2.24, 2.45) is 5.92 Å². The predicted molar refractivity (Wildman–Crippen MR) is 105 cm³/mol. The Kier molecular flexibility index (Phi) is 6.92. The summed E-state index contributed by atoms with van der Waals surface area (Å²) in [7, 11) is -2.29. The summed E-state index contributed by atoms with van der Waals surface area (Å²) in [6.45, 7) is 5.97. The van der Waals surface area contributed by atoms with Gasteiger partial charge in [-0.1, -0.05) is 6.92 Å². The van der Waals surface area contributed by atoms with Crippen molar-refractivity contribution in [2.75, 3.05) is 58.4 Å². The van der Waals surface area contributed by atoms with Gasteiger partial charge >= 0.3 is 0 Å². The second-order valence-corrected chi connectivity index (χ2v) is 9.45. The number of anilines is 1. The number of carbonyl (C=O) groups excluding carboxylic acids is 1. The molecule has 1 aromatic carbocycles. The number of sulfonamides is 1. The van der Waals surface area contributed by atoms with E-state index < -0.39 is 10.0 Å². The smallest absolute Gasteiger partial charge is 0.279 e. The van der Waals surface area contributed by atoms with Crippen molar-refractivity contribution in [3.63, 3.8) is 0 Å². The molecule has 0 radical (unpaired) electrons. The molecule has 1 amide bonds. The monoisotopic (exact) mass is 412 g/mol. The molecule has 0 saturated carbocycles. The summed E-state index contributed by atoms with van der Waals surface area (Å²) in [6.07, 6.45) is 2.26. The van der Waals surface area contributed by atoms with Gasteiger partial charge in [0.2, 0.25) is 10.0 Å². The Bertz CT molecular complexity index is 785. The Morgan fingerprint density at radius 3 is 2.61 bits per heavy atom. The Morgan fingerprint density at radius 2 is 1.96 bits per heavy atom. The van der Waals surface area contributed by atoms with Crippen LogP contribution >= 0.6 is 0 Å². The number of quaternary nitrogens is 1. The lowest BCUT2D eigenvalue weighted by molar-refractivity contribution is -0.897. The van der Waals surface area contributed by atoms with Crippen molar-refractivity contribution in [1.82, 2.24) is 4.31 Å². The van der Waals surface area contributed by atoms with Crippen LogP contribution < -0.4 is 15.0 Å². The molecule has 9 heteroatoms. The highest BCUT2D eigenvalue weighted by molar-refractivity contribution is 7.89. The zero-order chi connectivity index (χ0) is 20.1. The van der Waals surface area contributed by atoms with Gasteiger partial charge in [-0.05, 0) is 37.0 Å². The average Bonchev–Trinajstić information content (AvgIpc) is 2.70. The molecule has 0 bridgehead atoms. The van der Waals surface area contributed by atoms with Crippen LogP contribution in [0.5, 0.6) is 5.75 Å². The normalized spacial score (nSPS) is 23.9. The number of nitrogens with zero attached hydrogens (tertiary/aromatic N) is 1. The van der Waals surface area contributed by atoms with Gasteiger partial charge in [-0.2, -0.15) is 4.31 Å². The second-order valence-electron chi connectivity index (χ2n) is 7.54. The number of benzene rings is 1. The first-order chi connectivity index (χ1) is 13.4. The summed E-state index contributed by atoms with van der Waals surface area (Å²) in [4.78, 5) is 13.8. The lowest BCUT2D eigenvalue weighted by Gasteiger charge is -2.27. The van der Waals surface area contributed by atoms with Gasteiger partial charge in [0.15, 0.2) is 6.54 Å². The van der Waals surface area contributed by atoms with Gasteiger partial charge in [0.1, 0.15) is 10.6 Å². The molecule has 2 aliphatic heterocycles. The van der Waals surface area contributed by atoms with Crippen molar-refractivity contribution in [2.45, 2.75) is 24.7 Å². The van der Waals surface area contributed by atoms with Crippen LogP contribution in [-0.4, -0.2) is 71.7 Å². The van der Waals surface area contributed by atoms with E-state index in [-0.39, 0.29) is 16.6 Å². The Hall–Kier alpha value is -1.68. The summed E-state index contributed by atoms with van der Waals surface area (Å²) in [5.41, 5.74) is 0.461. The number of methoxy groups -OCH3 is 1. The molecule has 28 heavy (non-hydrogen) atoms. The summed E-state index contributed by atoms with van der Waals surface area (Å²) in [6, 6.07) is 4.73. The molecule has 2 aliphatic rings. The molecule has 2 saturated heterocycles. The third-order valence-electron chi connectivity index (χ3n) is 5.43. The lowest BCUT2D eigenvalue weighted by Crippen LogP contribution is -3.14. The Labute approximate surface area is 166 Å². The summed E-state index contributed by atoms with van der Waals surface area (Å²) < 4.78 is 37.9. The summed E-state index contributed by atoms with van der Waals surface area (Å²) in [5.74, 6) is 0.880. The number of rotatable bonds is 6. The highest BCUT2D eigenvalue weighted by Gasteiger charge is 2.30. The molecule has 2 fully saturated rings. The van der Waals surface area contributed by atoms with Crippen molar-refractivity contribution < 1.29 is 27.6 Å². The molecule has 8 nitrogen and oxygen atoms in total. The van der Waals surface area contributed by atoms with Crippen molar-refractivity contribution >= 4 is 21.6 Å². The maximum Gasteiger partial charge on any atom is 0.279 e. The van der Waals surface area contributed by atoms with Gasteiger partial charge in [-0.15, -0.1) is 0 Å². The molecule has 0 unspecified atom stereocenters. The molecule has 0 atom stereocenters. The zero-order valence-electron chi connectivity index (χ0n) is 16.6. The fourth-order valence-corrected chi connectivity index (χ4v) is 5.25. The summed E-state index contributed by atoms with van der Waals surface area (Å²) in [5, 5.41) is 2.84. The predicted octanol–water partition coefficient (Wildman–Crippen LogP) is -0.0306. The number of carbonyl (C=O) groups is 1. The number of hydrogen-bond donors (Lipinski definition) is 2. The first kappa shape index (κ1) is 21.0. The molecule has 0 aromatic heterocycles. The zero-order valence-corrected chi connectivity index (χ0v) is 17.4. The fourth-order valence-electron chi connectivity index (χ4n) is 3.66. The van der Waals surface area contributed by atoms with E-state index in [0.29, 0.717) is 38.5 Å². The first-order valence-corrected chi connectivity index (χ1v) is 11.2. The number of amides is 1. The third kappa shape index (κ3) is 5.02. The van der Waals surface area contributed by atoms with Crippen molar-refractivity contribution in [3.05, 3.63) is 18.2 Å². The van der Waals surface area contributed by atoms with E-state index >= 15 is 0 Å². The van der Waals surface area contributed by atoms with Gasteiger partial charge in [-0.25, -0.2) is 8.42 Å². The molecule has 156 valence electrons. The van der Waals surface area contributed by atoms with E-state index in [1.807, 2.05) is 0 Å². The molecular formula is C19H30N3O5S+. The maximum absolute atomic E-state index is 13.0. The topological polar surface area (TPSA) is 89.4 Å². The van der Waals surface area contributed by atoms with Crippen LogP contribution in [0.25, 0.3) is 0 Å². The Balaban J connectivity index is 1.72. The molecule has 2 N–H and O–H groups in total. The van der Waals surface area contributed by atoms with Crippen LogP contribution in [0.1, 0.15) is 19.8 Å². The number of ether oxygens (including phenoxy) is 2. The van der Waals surface area contributed by atoms with Crippen molar-refractivity contribution in [3.8, 4) is 5.75 Å². The first-order valence-electron chi connectivity index (χ1n) is 9.79. The average molecular weight is 413 g/mol. The van der Waals surface area contributed by atoms with E-state index in [1.54, 1.807) is 12.1 Å². The van der Waals surface area contributed by atoms with Gasteiger partial charge < -0.3 is 19.7 Å². The van der Waals surface area contributed by atoms with Crippen LogP contribution in [0.3, 0.4) is 0 Å². The number of nitrogens with one attached hydrogen (secondary N) is 2. The van der Waals surface area contributed by atoms with Crippen molar-refractivity contribution in [1.29, 1.82) is 0 Å². The molecule has 2 heterocycles. The molecule has 1 aromatic rings.